The van der Waals surface area contributed by atoms with Gasteiger partial charge in [0, 0.05) is 25.2 Å². The molecule has 3 N–H and O–H groups in total. The molecule has 0 radical (unpaired) electrons. The Balaban J connectivity index is 2.30. The van der Waals surface area contributed by atoms with Crippen molar-refractivity contribution in [2.24, 2.45) is 0 Å². The van der Waals surface area contributed by atoms with Crippen molar-refractivity contribution < 1.29 is 14.3 Å². The molecular formula is C15H21ClN4O3. The molecule has 8 heteroatoms. The Bertz CT molecular complexity index is 621. The van der Waals surface area contributed by atoms with E-state index < -0.39 is 0 Å². The summed E-state index contributed by atoms with van der Waals surface area (Å²) in [6.07, 6.45) is 0.665. The number of rotatable bonds is 4. The Hall–Kier alpha value is -1.83. The number of ether oxygens (including phenoxy) is 1. The molecular weight excluding hydrogens is 320 g/mol. The van der Waals surface area contributed by atoms with Gasteiger partial charge in [0.05, 0.1) is 18.4 Å². The van der Waals surface area contributed by atoms with E-state index in [1.54, 1.807) is 20.2 Å². The van der Waals surface area contributed by atoms with Gasteiger partial charge in [-0.2, -0.15) is 0 Å². The highest BCUT2D eigenvalue weighted by molar-refractivity contribution is 6.31. The maximum atomic E-state index is 12.3. The third-order valence-electron chi connectivity index (χ3n) is 3.56. The molecule has 1 heterocycles. The average Bonchev–Trinajstić information content (AvgIpc) is 2.92. The fourth-order valence-corrected chi connectivity index (χ4v) is 2.63. The molecule has 0 saturated carbocycles. The van der Waals surface area contributed by atoms with Crippen molar-refractivity contribution in [3.8, 4) is 5.75 Å². The first kappa shape index (κ1) is 17.5. The summed E-state index contributed by atoms with van der Waals surface area (Å²) in [5.41, 5.74) is 6.58. The molecule has 1 aliphatic rings. The van der Waals surface area contributed by atoms with E-state index >= 15 is 0 Å². The highest BCUT2D eigenvalue weighted by Gasteiger charge is 2.28. The van der Waals surface area contributed by atoms with Gasteiger partial charge >= 0.3 is 0 Å². The highest BCUT2D eigenvalue weighted by Crippen LogP contribution is 2.33. The normalized spacial score (nSPS) is 20.2. The molecule has 0 bridgehead atoms. The summed E-state index contributed by atoms with van der Waals surface area (Å²) in [5, 5.41) is 3.12. The first-order valence-electron chi connectivity index (χ1n) is 7.24. The molecule has 1 saturated heterocycles. The minimum absolute atomic E-state index is 0.206. The van der Waals surface area contributed by atoms with Crippen LogP contribution in [0.1, 0.15) is 23.7 Å². The molecule has 2 rings (SSSR count). The molecule has 0 aromatic heterocycles. The van der Waals surface area contributed by atoms with Gasteiger partial charge in [0.15, 0.2) is 5.75 Å². The topological polar surface area (TPSA) is 82.7 Å². The van der Waals surface area contributed by atoms with Crippen molar-refractivity contribution in [1.29, 1.82) is 0 Å². The van der Waals surface area contributed by atoms with Crippen LogP contribution in [-0.2, 0) is 4.79 Å². The van der Waals surface area contributed by atoms with E-state index in [1.807, 2.05) is 6.92 Å². The van der Waals surface area contributed by atoms with Crippen LogP contribution in [0, 0.1) is 0 Å². The fourth-order valence-electron chi connectivity index (χ4n) is 2.41. The van der Waals surface area contributed by atoms with Crippen LogP contribution in [0.5, 0.6) is 5.75 Å². The number of halogens is 1. The van der Waals surface area contributed by atoms with Crippen LogP contribution in [0.25, 0.3) is 0 Å². The molecule has 1 aliphatic heterocycles. The molecule has 2 atom stereocenters. The SMILES string of the molecule is COc1c(NC(=O)C2CC(C)NN2)cc(Cl)cc1C(=O)N(C)C. The molecule has 2 unspecified atom stereocenters. The van der Waals surface area contributed by atoms with Gasteiger partial charge in [-0.3, -0.25) is 15.0 Å². The van der Waals surface area contributed by atoms with E-state index in [-0.39, 0.29) is 23.9 Å². The summed E-state index contributed by atoms with van der Waals surface area (Å²) in [6.45, 7) is 1.98. The quantitative estimate of drug-likeness (QED) is 0.768. The Morgan fingerprint density at radius 3 is 2.57 bits per heavy atom. The zero-order valence-electron chi connectivity index (χ0n) is 13.6. The van der Waals surface area contributed by atoms with Crippen molar-refractivity contribution in [1.82, 2.24) is 15.8 Å². The van der Waals surface area contributed by atoms with Crippen LogP contribution in [0.15, 0.2) is 12.1 Å². The van der Waals surface area contributed by atoms with Crippen LogP contribution in [-0.4, -0.2) is 50.0 Å². The smallest absolute Gasteiger partial charge is 0.257 e. The summed E-state index contributed by atoms with van der Waals surface area (Å²) in [7, 11) is 4.72. The largest absolute Gasteiger partial charge is 0.494 e. The molecule has 7 nitrogen and oxygen atoms in total. The van der Waals surface area contributed by atoms with Gasteiger partial charge in [-0.05, 0) is 25.5 Å². The highest BCUT2D eigenvalue weighted by atomic mass is 35.5. The first-order chi connectivity index (χ1) is 10.8. The van der Waals surface area contributed by atoms with Crippen molar-refractivity contribution in [2.45, 2.75) is 25.4 Å². The predicted molar refractivity (Wildman–Crippen MR) is 88.8 cm³/mol. The van der Waals surface area contributed by atoms with Crippen molar-refractivity contribution in [2.75, 3.05) is 26.5 Å². The number of carbonyl (C=O) groups excluding carboxylic acids is 2. The summed E-state index contributed by atoms with van der Waals surface area (Å²) < 4.78 is 5.33. The third-order valence-corrected chi connectivity index (χ3v) is 3.78. The summed E-state index contributed by atoms with van der Waals surface area (Å²) in [6, 6.07) is 2.94. The molecule has 23 heavy (non-hydrogen) atoms. The molecule has 0 spiro atoms. The van der Waals surface area contributed by atoms with Gasteiger partial charge in [0.2, 0.25) is 5.91 Å². The number of methoxy groups -OCH3 is 1. The lowest BCUT2D eigenvalue weighted by Crippen LogP contribution is -2.40. The fraction of sp³-hybridized carbons (Fsp3) is 0.467. The monoisotopic (exact) mass is 340 g/mol. The Morgan fingerprint density at radius 1 is 1.35 bits per heavy atom. The first-order valence-corrected chi connectivity index (χ1v) is 7.62. The Kier molecular flexibility index (Phi) is 5.46. The van der Waals surface area contributed by atoms with Crippen LogP contribution in [0.3, 0.4) is 0 Å². The number of hydrazine groups is 1. The van der Waals surface area contributed by atoms with E-state index in [4.69, 9.17) is 16.3 Å². The van der Waals surface area contributed by atoms with Crippen LogP contribution in [0.2, 0.25) is 5.02 Å². The van der Waals surface area contributed by atoms with E-state index in [9.17, 15) is 9.59 Å². The lowest BCUT2D eigenvalue weighted by Gasteiger charge is -2.18. The number of anilines is 1. The molecule has 1 aromatic rings. The maximum absolute atomic E-state index is 12.3. The number of hydrogen-bond donors (Lipinski definition) is 3. The van der Waals surface area contributed by atoms with Crippen molar-refractivity contribution >= 4 is 29.1 Å². The lowest BCUT2D eigenvalue weighted by molar-refractivity contribution is -0.117. The average molecular weight is 341 g/mol. The predicted octanol–water partition coefficient (Wildman–Crippen LogP) is 1.24. The van der Waals surface area contributed by atoms with Gasteiger partial charge in [0.25, 0.3) is 5.91 Å². The second-order valence-electron chi connectivity index (χ2n) is 5.70. The van der Waals surface area contributed by atoms with Crippen LogP contribution >= 0.6 is 11.6 Å². The second-order valence-corrected chi connectivity index (χ2v) is 6.14. The van der Waals surface area contributed by atoms with Gasteiger partial charge in [-0.15, -0.1) is 0 Å². The summed E-state index contributed by atoms with van der Waals surface area (Å²) >= 11 is 6.09. The summed E-state index contributed by atoms with van der Waals surface area (Å²) in [4.78, 5) is 26.0. The Labute approximate surface area is 140 Å². The van der Waals surface area contributed by atoms with Gasteiger partial charge in [-0.1, -0.05) is 11.6 Å². The second kappa shape index (κ2) is 7.16. The van der Waals surface area contributed by atoms with Crippen LogP contribution in [0.4, 0.5) is 5.69 Å². The third kappa shape index (κ3) is 3.93. The number of amides is 2. The molecule has 2 amide bonds. The van der Waals surface area contributed by atoms with Crippen molar-refractivity contribution in [3.63, 3.8) is 0 Å². The number of nitrogens with one attached hydrogen (secondary N) is 3. The zero-order chi connectivity index (χ0) is 17.1. The Morgan fingerprint density at radius 2 is 2.04 bits per heavy atom. The maximum Gasteiger partial charge on any atom is 0.257 e. The molecule has 0 aliphatic carbocycles. The number of benzene rings is 1. The number of nitrogens with zero attached hydrogens (tertiary/aromatic N) is 1. The minimum atomic E-state index is -0.360. The molecule has 126 valence electrons. The van der Waals surface area contributed by atoms with E-state index in [0.717, 1.165) is 0 Å². The van der Waals surface area contributed by atoms with E-state index in [2.05, 4.69) is 16.2 Å². The summed E-state index contributed by atoms with van der Waals surface area (Å²) in [5.74, 6) is -0.180. The van der Waals surface area contributed by atoms with Gasteiger partial charge in [-0.25, -0.2) is 5.43 Å². The number of carbonyl (C=O) groups is 2. The van der Waals surface area contributed by atoms with Gasteiger partial charge in [0.1, 0.15) is 6.04 Å². The molecule has 1 fully saturated rings. The van der Waals surface area contributed by atoms with Crippen LogP contribution < -0.4 is 20.9 Å². The van der Waals surface area contributed by atoms with Crippen molar-refractivity contribution in [3.05, 3.63) is 22.7 Å². The standard InChI is InChI=1S/C15H21ClN4O3/c1-8-5-12(19-18-8)14(21)17-11-7-9(16)6-10(13(11)23-4)15(22)20(2)3/h6-8,12,18-19H,5H2,1-4H3,(H,17,21). The lowest BCUT2D eigenvalue weighted by atomic mass is 10.1. The van der Waals surface area contributed by atoms with E-state index in [1.165, 1.54) is 18.1 Å². The van der Waals surface area contributed by atoms with Gasteiger partial charge < -0.3 is 15.0 Å². The van der Waals surface area contributed by atoms with E-state index in [0.29, 0.717) is 28.4 Å². The molecule has 1 aromatic carbocycles. The minimum Gasteiger partial charge on any atom is -0.494 e. The number of hydrogen-bond acceptors (Lipinski definition) is 5. The zero-order valence-corrected chi connectivity index (χ0v) is 14.3.